The smallest absolute Gasteiger partial charge is 0.122 e. The molecule has 0 bridgehead atoms. The zero-order valence-corrected chi connectivity index (χ0v) is 14.6. The van der Waals surface area contributed by atoms with Gasteiger partial charge in [-0.3, -0.25) is 4.90 Å². The molecule has 0 N–H and O–H groups in total. The van der Waals surface area contributed by atoms with Crippen molar-refractivity contribution in [2.24, 2.45) is 0 Å². The maximum atomic E-state index is 5.60. The van der Waals surface area contributed by atoms with Crippen molar-refractivity contribution in [2.45, 2.75) is 44.1 Å². The first-order valence-electron chi connectivity index (χ1n) is 8.79. The van der Waals surface area contributed by atoms with Gasteiger partial charge in [-0.2, -0.15) is 0 Å². The maximum absolute atomic E-state index is 5.60. The van der Waals surface area contributed by atoms with E-state index in [1.54, 1.807) is 12.7 Å². The van der Waals surface area contributed by atoms with Crippen LogP contribution in [0.4, 0.5) is 0 Å². The van der Waals surface area contributed by atoms with Crippen LogP contribution in [-0.4, -0.2) is 31.1 Å². The SMILES string of the molecule is COc1cccc2c1CCC1C2CCCN1CCc1cccs1. The van der Waals surface area contributed by atoms with E-state index in [1.165, 1.54) is 49.2 Å². The van der Waals surface area contributed by atoms with Crippen molar-refractivity contribution in [2.75, 3.05) is 20.2 Å². The van der Waals surface area contributed by atoms with Gasteiger partial charge in [0.2, 0.25) is 0 Å². The third-order valence-electron chi connectivity index (χ3n) is 5.60. The summed E-state index contributed by atoms with van der Waals surface area (Å²) < 4.78 is 5.60. The molecule has 4 rings (SSSR count). The Bertz CT molecular complexity index is 652. The van der Waals surface area contributed by atoms with Gasteiger partial charge in [0.25, 0.3) is 0 Å². The third-order valence-corrected chi connectivity index (χ3v) is 6.53. The third kappa shape index (κ3) is 2.92. The first-order chi connectivity index (χ1) is 11.4. The monoisotopic (exact) mass is 327 g/mol. The van der Waals surface area contributed by atoms with Crippen LogP contribution in [0.5, 0.6) is 5.75 Å². The lowest BCUT2D eigenvalue weighted by atomic mass is 9.74. The molecule has 1 aliphatic carbocycles. The molecule has 1 aromatic heterocycles. The van der Waals surface area contributed by atoms with E-state index >= 15 is 0 Å². The van der Waals surface area contributed by atoms with Crippen LogP contribution in [0.2, 0.25) is 0 Å². The normalized spacial score (nSPS) is 24.0. The molecule has 2 atom stereocenters. The Kier molecular flexibility index (Phi) is 4.41. The van der Waals surface area contributed by atoms with E-state index in [2.05, 4.69) is 40.6 Å². The molecule has 1 aliphatic heterocycles. The zero-order chi connectivity index (χ0) is 15.6. The predicted octanol–water partition coefficient (Wildman–Crippen LogP) is 4.49. The summed E-state index contributed by atoms with van der Waals surface area (Å²) in [4.78, 5) is 4.28. The van der Waals surface area contributed by atoms with Gasteiger partial charge in [0, 0.05) is 17.5 Å². The minimum Gasteiger partial charge on any atom is -0.496 e. The average molecular weight is 327 g/mol. The molecule has 2 aliphatic rings. The highest BCUT2D eigenvalue weighted by atomic mass is 32.1. The second kappa shape index (κ2) is 6.66. The van der Waals surface area contributed by atoms with Gasteiger partial charge in [-0.05, 0) is 73.2 Å². The molecule has 2 heterocycles. The van der Waals surface area contributed by atoms with Crippen molar-refractivity contribution in [3.05, 3.63) is 51.7 Å². The van der Waals surface area contributed by atoms with Crippen molar-refractivity contribution in [3.63, 3.8) is 0 Å². The van der Waals surface area contributed by atoms with E-state index < -0.39 is 0 Å². The lowest BCUT2D eigenvalue weighted by molar-refractivity contribution is 0.113. The lowest BCUT2D eigenvalue weighted by Gasteiger charge is -2.45. The molecular formula is C20H25NOS. The Morgan fingerprint density at radius 3 is 3.00 bits per heavy atom. The molecule has 122 valence electrons. The number of nitrogens with zero attached hydrogens (tertiary/aromatic N) is 1. The maximum Gasteiger partial charge on any atom is 0.122 e. The molecule has 23 heavy (non-hydrogen) atoms. The van der Waals surface area contributed by atoms with Gasteiger partial charge >= 0.3 is 0 Å². The standard InChI is InChI=1S/C20H25NOS/c1-22-20-8-2-6-16-17-7-3-12-21(19(17)10-9-18(16)20)13-11-15-5-4-14-23-15/h2,4-6,8,14,17,19H,3,7,9-13H2,1H3. The molecule has 2 nitrogen and oxygen atoms in total. The minimum absolute atomic E-state index is 0.700. The number of likely N-dealkylation sites (tertiary alicyclic amines) is 1. The van der Waals surface area contributed by atoms with Gasteiger partial charge in [-0.1, -0.05) is 18.2 Å². The number of thiophene rings is 1. The van der Waals surface area contributed by atoms with Crippen molar-refractivity contribution >= 4 is 11.3 Å². The molecule has 2 unspecified atom stereocenters. The number of rotatable bonds is 4. The number of fused-ring (bicyclic) bond motifs is 3. The van der Waals surface area contributed by atoms with Crippen LogP contribution in [0.3, 0.4) is 0 Å². The van der Waals surface area contributed by atoms with Gasteiger partial charge in [0.05, 0.1) is 7.11 Å². The summed E-state index contributed by atoms with van der Waals surface area (Å²) in [6.07, 6.45) is 6.30. The predicted molar refractivity (Wildman–Crippen MR) is 96.7 cm³/mol. The largest absolute Gasteiger partial charge is 0.496 e. The van der Waals surface area contributed by atoms with Crippen LogP contribution in [0.25, 0.3) is 0 Å². The Morgan fingerprint density at radius 2 is 2.17 bits per heavy atom. The van der Waals surface area contributed by atoms with Crippen LogP contribution >= 0.6 is 11.3 Å². The molecule has 2 aromatic rings. The summed E-state index contributed by atoms with van der Waals surface area (Å²) in [7, 11) is 1.80. The van der Waals surface area contributed by atoms with Gasteiger partial charge in [-0.25, -0.2) is 0 Å². The summed E-state index contributed by atoms with van der Waals surface area (Å²) in [5, 5.41) is 2.19. The van der Waals surface area contributed by atoms with E-state index in [9.17, 15) is 0 Å². The van der Waals surface area contributed by atoms with Crippen molar-refractivity contribution in [1.82, 2.24) is 4.90 Å². The van der Waals surface area contributed by atoms with Crippen molar-refractivity contribution in [3.8, 4) is 5.75 Å². The second-order valence-corrected chi connectivity index (χ2v) is 7.78. The minimum atomic E-state index is 0.700. The summed E-state index contributed by atoms with van der Waals surface area (Å²) in [6, 6.07) is 11.8. The van der Waals surface area contributed by atoms with Gasteiger partial charge in [0.1, 0.15) is 5.75 Å². The molecule has 0 saturated carbocycles. The number of hydrogen-bond acceptors (Lipinski definition) is 3. The van der Waals surface area contributed by atoms with Gasteiger partial charge in [-0.15, -0.1) is 11.3 Å². The molecule has 0 spiro atoms. The topological polar surface area (TPSA) is 12.5 Å². The first kappa shape index (κ1) is 15.2. The van der Waals surface area contributed by atoms with E-state index in [4.69, 9.17) is 4.74 Å². The summed E-state index contributed by atoms with van der Waals surface area (Å²) in [5.74, 6) is 1.79. The average Bonchev–Trinajstić information content (AvgIpc) is 3.12. The molecule has 1 fully saturated rings. The van der Waals surface area contributed by atoms with Crippen LogP contribution in [0.15, 0.2) is 35.7 Å². The fourth-order valence-corrected chi connectivity index (χ4v) is 5.24. The van der Waals surface area contributed by atoms with E-state index in [1.807, 2.05) is 11.3 Å². The van der Waals surface area contributed by atoms with Crippen molar-refractivity contribution < 1.29 is 4.74 Å². The number of hydrogen-bond donors (Lipinski definition) is 0. The van der Waals surface area contributed by atoms with E-state index in [0.29, 0.717) is 5.92 Å². The summed E-state index contributed by atoms with van der Waals surface area (Å²) in [6.45, 7) is 2.48. The number of benzene rings is 1. The molecular weight excluding hydrogens is 302 g/mol. The number of methoxy groups -OCH3 is 1. The quantitative estimate of drug-likeness (QED) is 0.820. The number of ether oxygens (including phenoxy) is 1. The highest BCUT2D eigenvalue weighted by Crippen LogP contribution is 2.43. The summed E-state index contributed by atoms with van der Waals surface area (Å²) >= 11 is 1.89. The fraction of sp³-hybridized carbons (Fsp3) is 0.500. The molecule has 1 aromatic carbocycles. The summed E-state index contributed by atoms with van der Waals surface area (Å²) in [5.41, 5.74) is 3.03. The second-order valence-electron chi connectivity index (χ2n) is 6.75. The Labute approximate surface area is 143 Å². The highest BCUT2D eigenvalue weighted by molar-refractivity contribution is 7.09. The van der Waals surface area contributed by atoms with Gasteiger partial charge in [0.15, 0.2) is 0 Å². The highest BCUT2D eigenvalue weighted by Gasteiger charge is 2.36. The Hall–Kier alpha value is -1.32. The van der Waals surface area contributed by atoms with Crippen LogP contribution in [0.1, 0.15) is 41.2 Å². The fourth-order valence-electron chi connectivity index (χ4n) is 4.54. The molecule has 0 radical (unpaired) electrons. The van der Waals surface area contributed by atoms with Gasteiger partial charge < -0.3 is 4.74 Å². The molecule has 3 heteroatoms. The Balaban J connectivity index is 1.53. The molecule has 0 amide bonds. The molecule has 1 saturated heterocycles. The Morgan fingerprint density at radius 1 is 1.22 bits per heavy atom. The van der Waals surface area contributed by atoms with Crippen molar-refractivity contribution in [1.29, 1.82) is 0 Å². The van der Waals surface area contributed by atoms with Crippen LogP contribution < -0.4 is 4.74 Å². The van der Waals surface area contributed by atoms with E-state index in [-0.39, 0.29) is 0 Å². The first-order valence-corrected chi connectivity index (χ1v) is 9.67. The van der Waals surface area contributed by atoms with Crippen LogP contribution in [0, 0.1) is 0 Å². The van der Waals surface area contributed by atoms with E-state index in [0.717, 1.165) is 18.2 Å². The van der Waals surface area contributed by atoms with Crippen LogP contribution in [-0.2, 0) is 12.8 Å². The lowest BCUT2D eigenvalue weighted by Crippen LogP contribution is -2.47. The zero-order valence-electron chi connectivity index (χ0n) is 13.8. The number of piperidine rings is 1.